The van der Waals surface area contributed by atoms with E-state index in [-0.39, 0.29) is 11.1 Å². The van der Waals surface area contributed by atoms with Gasteiger partial charge in [0, 0.05) is 25.5 Å². The van der Waals surface area contributed by atoms with Gasteiger partial charge in [-0.25, -0.2) is 4.98 Å². The van der Waals surface area contributed by atoms with Gasteiger partial charge in [-0.1, -0.05) is 11.6 Å². The van der Waals surface area contributed by atoms with Gasteiger partial charge >= 0.3 is 6.18 Å². The molecule has 3 heterocycles. The first-order valence-electron chi connectivity index (χ1n) is 6.33. The summed E-state index contributed by atoms with van der Waals surface area (Å²) in [5.41, 5.74) is 0.232. The molecule has 4 nitrogen and oxygen atoms in total. The molecule has 1 aliphatic rings. The maximum atomic E-state index is 12.6. The van der Waals surface area contributed by atoms with Gasteiger partial charge in [-0.3, -0.25) is 4.68 Å². The zero-order chi connectivity index (χ0) is 15.2. The quantitative estimate of drug-likeness (QED) is 0.852. The number of hydrogen-bond donors (Lipinski definition) is 0. The Hall–Kier alpha value is -1.76. The Balaban J connectivity index is 1.72. The van der Waals surface area contributed by atoms with E-state index in [2.05, 4.69) is 10.1 Å². The Morgan fingerprint density at radius 1 is 1.29 bits per heavy atom. The minimum absolute atomic E-state index is 0.0138. The second-order valence-electron chi connectivity index (χ2n) is 5.08. The summed E-state index contributed by atoms with van der Waals surface area (Å²) in [5, 5.41) is 4.24. The number of aromatic nitrogens is 3. The van der Waals surface area contributed by atoms with Gasteiger partial charge in [0.2, 0.25) is 0 Å². The molecule has 2 aromatic heterocycles. The Morgan fingerprint density at radius 3 is 2.52 bits per heavy atom. The lowest BCUT2D eigenvalue weighted by Crippen LogP contribution is -2.48. The maximum Gasteiger partial charge on any atom is 0.417 e. The number of alkyl halides is 3. The Morgan fingerprint density at radius 2 is 2.00 bits per heavy atom. The molecule has 2 aromatic rings. The Bertz CT molecular complexity index is 662. The average Bonchev–Trinajstić information content (AvgIpc) is 2.74. The van der Waals surface area contributed by atoms with E-state index in [4.69, 9.17) is 11.6 Å². The first-order valence-corrected chi connectivity index (χ1v) is 6.71. The van der Waals surface area contributed by atoms with Gasteiger partial charge in [-0.2, -0.15) is 18.3 Å². The number of halogens is 4. The fourth-order valence-corrected chi connectivity index (χ4v) is 2.53. The molecule has 0 saturated carbocycles. The van der Waals surface area contributed by atoms with E-state index in [1.54, 1.807) is 6.20 Å². The zero-order valence-electron chi connectivity index (χ0n) is 11.1. The lowest BCUT2D eigenvalue weighted by atomic mass is 10.1. The number of aryl methyl sites for hydroxylation is 1. The summed E-state index contributed by atoms with van der Waals surface area (Å²) < 4.78 is 39.5. The molecule has 0 spiro atoms. The number of anilines is 1. The standard InChI is InChI=1S/C13H12ClF3N4/c1-8-3-19-21(5-8)10-6-20(7-10)12-11(14)2-9(4-18-12)13(15,16)17/h2-5,10H,6-7H2,1H3. The van der Waals surface area contributed by atoms with Crippen molar-refractivity contribution in [2.45, 2.75) is 19.1 Å². The molecule has 1 fully saturated rings. The van der Waals surface area contributed by atoms with Crippen LogP contribution in [0.2, 0.25) is 5.02 Å². The molecule has 0 amide bonds. The van der Waals surface area contributed by atoms with Crippen molar-refractivity contribution >= 4 is 17.4 Å². The summed E-state index contributed by atoms with van der Waals surface area (Å²) in [6.45, 7) is 3.20. The van der Waals surface area contributed by atoms with Crippen molar-refractivity contribution in [3.63, 3.8) is 0 Å². The minimum atomic E-state index is -4.43. The van der Waals surface area contributed by atoms with E-state index in [0.717, 1.165) is 17.8 Å². The normalized spacial score (nSPS) is 16.1. The fraction of sp³-hybridized carbons (Fsp3) is 0.385. The van der Waals surface area contributed by atoms with E-state index >= 15 is 0 Å². The van der Waals surface area contributed by atoms with Gasteiger partial charge < -0.3 is 4.90 Å². The summed E-state index contributed by atoms with van der Waals surface area (Å²) in [6.07, 6.45) is 0.0850. The van der Waals surface area contributed by atoms with Crippen LogP contribution < -0.4 is 4.90 Å². The molecule has 3 rings (SSSR count). The zero-order valence-corrected chi connectivity index (χ0v) is 11.9. The SMILES string of the molecule is Cc1cnn(C2CN(c3ncc(C(F)(F)F)cc3Cl)C2)c1. The van der Waals surface area contributed by atoms with Gasteiger partial charge in [0.05, 0.1) is 22.8 Å². The molecule has 0 aromatic carbocycles. The second-order valence-corrected chi connectivity index (χ2v) is 5.49. The molecule has 0 aliphatic carbocycles. The van der Waals surface area contributed by atoms with E-state index < -0.39 is 11.7 Å². The number of pyridine rings is 1. The molecule has 0 N–H and O–H groups in total. The summed E-state index contributed by atoms with van der Waals surface area (Å²) in [5.74, 6) is 0.379. The van der Waals surface area contributed by atoms with Crippen LogP contribution in [0.3, 0.4) is 0 Å². The second kappa shape index (κ2) is 4.91. The number of hydrogen-bond acceptors (Lipinski definition) is 3. The fourth-order valence-electron chi connectivity index (χ4n) is 2.25. The van der Waals surface area contributed by atoms with Crippen molar-refractivity contribution in [3.8, 4) is 0 Å². The molecule has 0 bridgehead atoms. The molecular formula is C13H12ClF3N4. The Kier molecular flexibility index (Phi) is 3.32. The van der Waals surface area contributed by atoms with Crippen LogP contribution in [0.5, 0.6) is 0 Å². The van der Waals surface area contributed by atoms with Gasteiger partial charge in [0.1, 0.15) is 5.82 Å². The maximum absolute atomic E-state index is 12.6. The third-order valence-corrected chi connectivity index (χ3v) is 3.69. The molecular weight excluding hydrogens is 305 g/mol. The topological polar surface area (TPSA) is 34.0 Å². The Labute approximate surface area is 124 Å². The van der Waals surface area contributed by atoms with Gasteiger partial charge in [-0.05, 0) is 18.6 Å². The van der Waals surface area contributed by atoms with Crippen LogP contribution in [0, 0.1) is 6.92 Å². The van der Waals surface area contributed by atoms with E-state index in [1.165, 1.54) is 0 Å². The van der Waals surface area contributed by atoms with E-state index in [9.17, 15) is 13.2 Å². The van der Waals surface area contributed by atoms with Gasteiger partial charge in [0.25, 0.3) is 0 Å². The van der Waals surface area contributed by atoms with Crippen LogP contribution in [0.15, 0.2) is 24.7 Å². The molecule has 0 radical (unpaired) electrons. The average molecular weight is 317 g/mol. The van der Waals surface area contributed by atoms with Crippen molar-refractivity contribution in [2.24, 2.45) is 0 Å². The van der Waals surface area contributed by atoms with Crippen LogP contribution in [-0.2, 0) is 6.18 Å². The highest BCUT2D eigenvalue weighted by Gasteiger charge is 2.34. The smallest absolute Gasteiger partial charge is 0.351 e. The third-order valence-electron chi connectivity index (χ3n) is 3.42. The van der Waals surface area contributed by atoms with Crippen molar-refractivity contribution < 1.29 is 13.2 Å². The molecule has 112 valence electrons. The summed E-state index contributed by atoms with van der Waals surface area (Å²) in [4.78, 5) is 5.68. The minimum Gasteiger partial charge on any atom is -0.351 e. The summed E-state index contributed by atoms with van der Waals surface area (Å²) in [6, 6.07) is 1.11. The van der Waals surface area contributed by atoms with E-state index in [1.807, 2.05) is 22.7 Å². The van der Waals surface area contributed by atoms with Crippen LogP contribution in [0.25, 0.3) is 0 Å². The summed E-state index contributed by atoms with van der Waals surface area (Å²) >= 11 is 5.91. The van der Waals surface area contributed by atoms with Gasteiger partial charge in [-0.15, -0.1) is 0 Å². The highest BCUT2D eigenvalue weighted by molar-refractivity contribution is 6.33. The van der Waals surface area contributed by atoms with Crippen LogP contribution in [-0.4, -0.2) is 27.9 Å². The molecule has 0 unspecified atom stereocenters. The molecule has 0 atom stereocenters. The lowest BCUT2D eigenvalue weighted by molar-refractivity contribution is -0.137. The first-order chi connectivity index (χ1) is 9.84. The third kappa shape index (κ3) is 2.70. The van der Waals surface area contributed by atoms with Crippen molar-refractivity contribution in [1.29, 1.82) is 0 Å². The largest absolute Gasteiger partial charge is 0.417 e. The lowest BCUT2D eigenvalue weighted by Gasteiger charge is -2.40. The van der Waals surface area contributed by atoms with Crippen LogP contribution >= 0.6 is 11.6 Å². The highest BCUT2D eigenvalue weighted by atomic mass is 35.5. The number of rotatable bonds is 2. The van der Waals surface area contributed by atoms with Crippen molar-refractivity contribution in [2.75, 3.05) is 18.0 Å². The number of nitrogens with zero attached hydrogens (tertiary/aromatic N) is 4. The highest BCUT2D eigenvalue weighted by Crippen LogP contribution is 2.36. The summed E-state index contributed by atoms with van der Waals surface area (Å²) in [7, 11) is 0. The van der Waals surface area contributed by atoms with Gasteiger partial charge in [0.15, 0.2) is 0 Å². The molecule has 1 saturated heterocycles. The molecule has 8 heteroatoms. The van der Waals surface area contributed by atoms with Crippen molar-refractivity contribution in [1.82, 2.24) is 14.8 Å². The first kappa shape index (κ1) is 14.2. The monoisotopic (exact) mass is 316 g/mol. The molecule has 1 aliphatic heterocycles. The van der Waals surface area contributed by atoms with Crippen LogP contribution in [0.4, 0.5) is 19.0 Å². The molecule has 21 heavy (non-hydrogen) atoms. The predicted octanol–water partition coefficient (Wildman–Crippen LogP) is 3.32. The van der Waals surface area contributed by atoms with Crippen molar-refractivity contribution in [3.05, 3.63) is 40.8 Å². The van der Waals surface area contributed by atoms with Crippen LogP contribution in [0.1, 0.15) is 17.2 Å². The predicted molar refractivity (Wildman–Crippen MR) is 72.5 cm³/mol. The van der Waals surface area contributed by atoms with E-state index in [0.29, 0.717) is 18.9 Å².